The number of halogens is 1. The molecule has 3 unspecified atom stereocenters. The van der Waals surface area contributed by atoms with Gasteiger partial charge in [-0.05, 0) is 53.4 Å². The predicted octanol–water partition coefficient (Wildman–Crippen LogP) is 3.41. The molecule has 1 heterocycles. The van der Waals surface area contributed by atoms with Crippen LogP contribution in [0.4, 0.5) is 5.69 Å². The second kappa shape index (κ2) is 5.88. The van der Waals surface area contributed by atoms with E-state index < -0.39 is 0 Å². The zero-order valence-corrected chi connectivity index (χ0v) is 13.5. The second-order valence-corrected chi connectivity index (χ2v) is 6.97. The van der Waals surface area contributed by atoms with E-state index in [0.29, 0.717) is 17.1 Å². The number of aromatic nitrogens is 2. The van der Waals surface area contributed by atoms with Crippen LogP contribution in [-0.2, 0) is 6.54 Å². The number of fused-ring (bicyclic) bond motifs is 2. The Morgan fingerprint density at radius 2 is 2.30 bits per heavy atom. The van der Waals surface area contributed by atoms with Crippen molar-refractivity contribution in [3.8, 4) is 0 Å². The number of hydrogen-bond acceptors (Lipinski definition) is 3. The molecule has 0 aromatic carbocycles. The molecular weight excluding hydrogens is 318 g/mol. The average Bonchev–Trinajstić information content (AvgIpc) is 3.05. The van der Waals surface area contributed by atoms with Crippen molar-refractivity contribution in [2.75, 3.05) is 5.32 Å². The molecule has 2 aliphatic carbocycles. The third kappa shape index (κ3) is 2.65. The first-order valence-electron chi connectivity index (χ1n) is 7.71. The summed E-state index contributed by atoms with van der Waals surface area (Å²) in [6.07, 6.45) is 9.18. The summed E-state index contributed by atoms with van der Waals surface area (Å²) < 4.78 is 2.19. The van der Waals surface area contributed by atoms with E-state index in [4.69, 9.17) is 0 Å². The maximum Gasteiger partial charge on any atom is 0.283 e. The van der Waals surface area contributed by atoms with Gasteiger partial charge in [-0.2, -0.15) is 5.10 Å². The van der Waals surface area contributed by atoms with E-state index in [1.54, 1.807) is 10.9 Å². The highest BCUT2D eigenvalue weighted by molar-refractivity contribution is 9.10. The standard InChI is InChI=1S/C15H22BrN3O/c1-2-3-6-19-15(20)14(16)13(9-17-19)18-12-8-10-4-5-11(12)7-10/h9-12,18H,2-8H2,1H3. The molecule has 20 heavy (non-hydrogen) atoms. The van der Waals surface area contributed by atoms with E-state index in [1.807, 2.05) is 0 Å². The van der Waals surface area contributed by atoms with Crippen molar-refractivity contribution >= 4 is 21.6 Å². The molecule has 1 aromatic rings. The monoisotopic (exact) mass is 339 g/mol. The van der Waals surface area contributed by atoms with Gasteiger partial charge in [0.25, 0.3) is 5.56 Å². The lowest BCUT2D eigenvalue weighted by Gasteiger charge is -2.24. The molecule has 2 bridgehead atoms. The Balaban J connectivity index is 1.74. The normalized spacial score (nSPS) is 28.0. The molecule has 2 fully saturated rings. The van der Waals surface area contributed by atoms with Crippen molar-refractivity contribution in [2.45, 2.75) is 58.0 Å². The Labute approximate surface area is 128 Å². The molecule has 2 saturated carbocycles. The molecule has 1 aromatic heterocycles. The highest BCUT2D eigenvalue weighted by atomic mass is 79.9. The van der Waals surface area contributed by atoms with Gasteiger partial charge in [0.2, 0.25) is 0 Å². The van der Waals surface area contributed by atoms with Gasteiger partial charge in [0.1, 0.15) is 4.47 Å². The van der Waals surface area contributed by atoms with Crippen molar-refractivity contribution in [2.24, 2.45) is 11.8 Å². The summed E-state index contributed by atoms with van der Waals surface area (Å²) >= 11 is 3.45. The second-order valence-electron chi connectivity index (χ2n) is 6.18. The number of rotatable bonds is 5. The van der Waals surface area contributed by atoms with Crippen LogP contribution in [0.25, 0.3) is 0 Å². The van der Waals surface area contributed by atoms with Crippen LogP contribution in [0.15, 0.2) is 15.5 Å². The topological polar surface area (TPSA) is 46.9 Å². The number of nitrogens with one attached hydrogen (secondary N) is 1. The van der Waals surface area contributed by atoms with Gasteiger partial charge in [-0.3, -0.25) is 4.79 Å². The Kier molecular flexibility index (Phi) is 4.15. The minimum atomic E-state index is -0.0217. The molecule has 0 saturated heterocycles. The Hall–Kier alpha value is -0.840. The number of hydrogen-bond donors (Lipinski definition) is 1. The van der Waals surface area contributed by atoms with E-state index in [2.05, 4.69) is 33.3 Å². The van der Waals surface area contributed by atoms with Crippen LogP contribution in [0.2, 0.25) is 0 Å². The summed E-state index contributed by atoms with van der Waals surface area (Å²) in [6, 6.07) is 0.526. The number of anilines is 1. The van der Waals surface area contributed by atoms with Gasteiger partial charge in [0, 0.05) is 12.6 Å². The molecule has 5 heteroatoms. The fourth-order valence-corrected chi connectivity index (χ4v) is 4.08. The number of nitrogens with zero attached hydrogens (tertiary/aromatic N) is 2. The van der Waals surface area contributed by atoms with E-state index >= 15 is 0 Å². The predicted molar refractivity (Wildman–Crippen MR) is 84.0 cm³/mol. The molecule has 3 rings (SSSR count). The molecule has 3 atom stereocenters. The fraction of sp³-hybridized carbons (Fsp3) is 0.733. The van der Waals surface area contributed by atoms with E-state index in [1.165, 1.54) is 25.7 Å². The SMILES string of the molecule is CCCCn1ncc(NC2CC3CCC2C3)c(Br)c1=O. The van der Waals surface area contributed by atoms with Gasteiger partial charge in [-0.15, -0.1) is 0 Å². The van der Waals surface area contributed by atoms with Crippen molar-refractivity contribution in [3.63, 3.8) is 0 Å². The van der Waals surface area contributed by atoms with Crippen LogP contribution in [-0.4, -0.2) is 15.8 Å². The van der Waals surface area contributed by atoms with Gasteiger partial charge in [-0.25, -0.2) is 4.68 Å². The minimum absolute atomic E-state index is 0.0217. The molecule has 1 N–H and O–H groups in total. The van der Waals surface area contributed by atoms with Gasteiger partial charge in [-0.1, -0.05) is 19.8 Å². The minimum Gasteiger partial charge on any atom is -0.380 e. The lowest BCUT2D eigenvalue weighted by atomic mass is 9.95. The highest BCUT2D eigenvalue weighted by Gasteiger charge is 2.39. The molecule has 2 aliphatic rings. The third-order valence-corrected chi connectivity index (χ3v) is 5.55. The van der Waals surface area contributed by atoms with Crippen LogP contribution in [0.3, 0.4) is 0 Å². The van der Waals surface area contributed by atoms with Crippen LogP contribution in [0, 0.1) is 11.8 Å². The molecule has 110 valence electrons. The molecule has 4 nitrogen and oxygen atoms in total. The van der Waals surface area contributed by atoms with Gasteiger partial charge in [0.15, 0.2) is 0 Å². The molecular formula is C15H22BrN3O. The molecule has 0 radical (unpaired) electrons. The Morgan fingerprint density at radius 3 is 2.95 bits per heavy atom. The Morgan fingerprint density at radius 1 is 1.45 bits per heavy atom. The largest absolute Gasteiger partial charge is 0.380 e. The van der Waals surface area contributed by atoms with Crippen LogP contribution in [0.1, 0.15) is 45.4 Å². The van der Waals surface area contributed by atoms with Crippen LogP contribution < -0.4 is 10.9 Å². The summed E-state index contributed by atoms with van der Waals surface area (Å²) in [5.41, 5.74) is 0.840. The fourth-order valence-electron chi connectivity index (χ4n) is 3.65. The zero-order chi connectivity index (χ0) is 14.1. The van der Waals surface area contributed by atoms with Gasteiger partial charge < -0.3 is 5.32 Å². The lowest BCUT2D eigenvalue weighted by molar-refractivity contribution is 0.439. The first-order chi connectivity index (χ1) is 9.69. The number of aryl methyl sites for hydroxylation is 1. The van der Waals surface area contributed by atoms with E-state index in [0.717, 1.165) is 30.4 Å². The van der Waals surface area contributed by atoms with Crippen molar-refractivity contribution in [3.05, 3.63) is 21.0 Å². The summed E-state index contributed by atoms with van der Waals surface area (Å²) in [4.78, 5) is 12.2. The zero-order valence-electron chi connectivity index (χ0n) is 11.9. The van der Waals surface area contributed by atoms with E-state index in [-0.39, 0.29) is 5.56 Å². The first-order valence-corrected chi connectivity index (χ1v) is 8.50. The summed E-state index contributed by atoms with van der Waals surface area (Å²) in [5, 5.41) is 7.83. The summed E-state index contributed by atoms with van der Waals surface area (Å²) in [5.74, 6) is 1.68. The van der Waals surface area contributed by atoms with Crippen LogP contribution >= 0.6 is 15.9 Å². The molecule has 0 aliphatic heterocycles. The van der Waals surface area contributed by atoms with Crippen molar-refractivity contribution < 1.29 is 0 Å². The maximum atomic E-state index is 12.2. The van der Waals surface area contributed by atoms with Gasteiger partial charge in [0.05, 0.1) is 11.9 Å². The van der Waals surface area contributed by atoms with Crippen LogP contribution in [0.5, 0.6) is 0 Å². The van der Waals surface area contributed by atoms with Crippen molar-refractivity contribution in [1.82, 2.24) is 9.78 Å². The molecule has 0 amide bonds. The molecule has 0 spiro atoms. The van der Waals surface area contributed by atoms with Crippen molar-refractivity contribution in [1.29, 1.82) is 0 Å². The first kappa shape index (κ1) is 14.1. The maximum absolute atomic E-state index is 12.2. The Bertz CT molecular complexity index is 542. The quantitative estimate of drug-likeness (QED) is 0.894. The average molecular weight is 340 g/mol. The summed E-state index contributed by atoms with van der Waals surface area (Å²) in [6.45, 7) is 2.81. The number of unbranched alkanes of at least 4 members (excludes halogenated alkanes) is 1. The van der Waals surface area contributed by atoms with E-state index in [9.17, 15) is 4.79 Å². The lowest BCUT2D eigenvalue weighted by Crippen LogP contribution is -2.29. The smallest absolute Gasteiger partial charge is 0.283 e. The highest BCUT2D eigenvalue weighted by Crippen LogP contribution is 2.45. The summed E-state index contributed by atoms with van der Waals surface area (Å²) in [7, 11) is 0. The van der Waals surface area contributed by atoms with Gasteiger partial charge >= 0.3 is 0 Å². The third-order valence-electron chi connectivity index (χ3n) is 4.79.